The Morgan fingerprint density at radius 3 is 2.61 bits per heavy atom. The number of hydrogen-bond donors (Lipinski definition) is 3. The number of phenolic OH excluding ortho intramolecular Hbond substituents is 3. The number of carbonyl (C=O) groups excluding carboxylic acids is 1. The molecule has 0 bridgehead atoms. The van der Waals surface area contributed by atoms with Crippen LogP contribution in [0.1, 0.15) is 48.3 Å². The van der Waals surface area contributed by atoms with Gasteiger partial charge in [0.15, 0.2) is 17.3 Å². The molecule has 0 saturated carbocycles. The van der Waals surface area contributed by atoms with Gasteiger partial charge in [-0.3, -0.25) is 4.79 Å². The second kappa shape index (κ2) is 5.57. The third-order valence-electron chi connectivity index (χ3n) is 4.21. The summed E-state index contributed by atoms with van der Waals surface area (Å²) in [5, 5.41) is 30.7. The van der Waals surface area contributed by atoms with E-state index in [0.29, 0.717) is 41.4 Å². The van der Waals surface area contributed by atoms with E-state index in [1.54, 1.807) is 6.07 Å². The third-order valence-corrected chi connectivity index (χ3v) is 4.21. The molecule has 2 aromatic rings. The first-order chi connectivity index (χ1) is 10.9. The normalized spacial score (nSPS) is 13.9. The van der Waals surface area contributed by atoms with Crippen molar-refractivity contribution in [3.05, 3.63) is 34.5 Å². The summed E-state index contributed by atoms with van der Waals surface area (Å²) < 4.78 is 0. The van der Waals surface area contributed by atoms with Gasteiger partial charge in [-0.25, -0.2) is 4.98 Å². The van der Waals surface area contributed by atoms with Crippen molar-refractivity contribution in [2.45, 2.75) is 39.5 Å². The van der Waals surface area contributed by atoms with Gasteiger partial charge in [0.2, 0.25) is 5.75 Å². The van der Waals surface area contributed by atoms with Crippen molar-refractivity contribution in [1.82, 2.24) is 4.98 Å². The molecule has 0 amide bonds. The molecule has 1 aromatic carbocycles. The zero-order valence-corrected chi connectivity index (χ0v) is 13.2. The largest absolute Gasteiger partial charge is 0.504 e. The summed E-state index contributed by atoms with van der Waals surface area (Å²) in [6.45, 7) is 3.86. The number of rotatable bonds is 2. The van der Waals surface area contributed by atoms with Gasteiger partial charge in [-0.1, -0.05) is 11.6 Å². The van der Waals surface area contributed by atoms with Crippen molar-refractivity contribution in [3.8, 4) is 17.2 Å². The molecular formula is C18H19NO4. The number of Topliss-reactive ketones (excluding diaryl/α,β-unsaturated/α-hetero) is 1. The van der Waals surface area contributed by atoms with Crippen LogP contribution in [0.3, 0.4) is 0 Å². The van der Waals surface area contributed by atoms with Crippen molar-refractivity contribution >= 4 is 16.7 Å². The van der Waals surface area contributed by atoms with E-state index < -0.39 is 11.5 Å². The maximum atomic E-state index is 12.1. The molecule has 0 fully saturated rings. The fraction of sp³-hybridized carbons (Fsp3) is 0.333. The molecule has 1 aliphatic rings. The first kappa shape index (κ1) is 15.3. The van der Waals surface area contributed by atoms with Crippen molar-refractivity contribution in [2.24, 2.45) is 0 Å². The summed E-state index contributed by atoms with van der Waals surface area (Å²) in [4.78, 5) is 16.5. The zero-order valence-electron chi connectivity index (χ0n) is 13.2. The lowest BCUT2D eigenvalue weighted by Crippen LogP contribution is -2.13. The van der Waals surface area contributed by atoms with E-state index in [4.69, 9.17) is 0 Å². The highest BCUT2D eigenvalue weighted by atomic mass is 16.3. The number of hydrogen-bond acceptors (Lipinski definition) is 5. The Hall–Kier alpha value is -2.56. The molecule has 1 heterocycles. The van der Waals surface area contributed by atoms with Crippen LogP contribution in [0.5, 0.6) is 17.2 Å². The molecule has 0 unspecified atom stereocenters. The molecule has 120 valence electrons. The van der Waals surface area contributed by atoms with Gasteiger partial charge in [-0.15, -0.1) is 0 Å². The number of nitrogens with zero attached hydrogens (tertiary/aromatic N) is 1. The number of aromatic nitrogens is 1. The number of carbonyl (C=O) groups is 1. The van der Waals surface area contributed by atoms with Crippen LogP contribution in [-0.2, 0) is 12.8 Å². The number of aryl methyl sites for hydroxylation is 1. The van der Waals surface area contributed by atoms with Gasteiger partial charge in [-0.2, -0.15) is 0 Å². The van der Waals surface area contributed by atoms with Gasteiger partial charge in [-0.05, 0) is 44.7 Å². The molecule has 0 atom stereocenters. The molecule has 5 nitrogen and oxygen atoms in total. The Morgan fingerprint density at radius 1 is 1.17 bits per heavy atom. The fourth-order valence-electron chi connectivity index (χ4n) is 2.95. The molecule has 0 spiro atoms. The Bertz CT molecular complexity index is 848. The fourth-order valence-corrected chi connectivity index (χ4v) is 2.95. The highest BCUT2D eigenvalue weighted by Gasteiger charge is 2.24. The van der Waals surface area contributed by atoms with Gasteiger partial charge >= 0.3 is 0 Å². The topological polar surface area (TPSA) is 90.7 Å². The summed E-state index contributed by atoms with van der Waals surface area (Å²) in [5.41, 5.74) is 3.02. The van der Waals surface area contributed by atoms with Crippen LogP contribution in [-0.4, -0.2) is 26.1 Å². The summed E-state index contributed by atoms with van der Waals surface area (Å²) in [6, 6.07) is 1.70. The van der Waals surface area contributed by atoms with Crippen LogP contribution >= 0.6 is 0 Å². The zero-order chi connectivity index (χ0) is 16.7. The first-order valence-corrected chi connectivity index (χ1v) is 7.66. The van der Waals surface area contributed by atoms with Gasteiger partial charge in [0, 0.05) is 17.4 Å². The maximum Gasteiger partial charge on any atom is 0.201 e. The molecule has 5 heteroatoms. The number of aromatic hydroxyl groups is 3. The number of ketones is 1. The Morgan fingerprint density at radius 2 is 1.91 bits per heavy atom. The second-order valence-corrected chi connectivity index (χ2v) is 6.18. The minimum atomic E-state index is -0.543. The number of benzene rings is 1. The van der Waals surface area contributed by atoms with Gasteiger partial charge < -0.3 is 15.3 Å². The van der Waals surface area contributed by atoms with Gasteiger partial charge in [0.1, 0.15) is 5.69 Å². The highest BCUT2D eigenvalue weighted by molar-refractivity contribution is 6.01. The quantitative estimate of drug-likeness (QED) is 0.584. The Balaban J connectivity index is 2.34. The smallest absolute Gasteiger partial charge is 0.201 e. The Labute approximate surface area is 133 Å². The van der Waals surface area contributed by atoms with Crippen LogP contribution in [0.4, 0.5) is 0 Å². The summed E-state index contributed by atoms with van der Waals surface area (Å²) in [6.07, 6.45) is 4.19. The molecule has 3 rings (SSSR count). The third kappa shape index (κ3) is 2.52. The molecule has 1 aliphatic carbocycles. The Kier molecular flexibility index (Phi) is 3.72. The number of allylic oxidation sites excluding steroid dienone is 2. The molecule has 1 aromatic heterocycles. The van der Waals surface area contributed by atoms with Gasteiger partial charge in [0.05, 0.1) is 5.52 Å². The SMILES string of the molecule is CC(C)=CCc1c(O)c(O)c(O)c2cc3c(nc12)C(=O)CCC3. The molecule has 0 radical (unpaired) electrons. The lowest BCUT2D eigenvalue weighted by atomic mass is 9.92. The predicted octanol–water partition coefficient (Wildman–Crippen LogP) is 3.38. The van der Waals surface area contributed by atoms with Crippen LogP contribution in [0.15, 0.2) is 17.7 Å². The summed E-state index contributed by atoms with van der Waals surface area (Å²) in [7, 11) is 0. The number of fused-ring (bicyclic) bond motifs is 2. The molecule has 0 saturated heterocycles. The van der Waals surface area contributed by atoms with Crippen LogP contribution in [0, 0.1) is 0 Å². The average molecular weight is 313 g/mol. The van der Waals surface area contributed by atoms with Crippen LogP contribution in [0.25, 0.3) is 10.9 Å². The van der Waals surface area contributed by atoms with E-state index in [2.05, 4.69) is 4.98 Å². The minimum absolute atomic E-state index is 0.0200. The van der Waals surface area contributed by atoms with Crippen LogP contribution < -0.4 is 0 Å². The first-order valence-electron chi connectivity index (χ1n) is 7.66. The van der Waals surface area contributed by atoms with E-state index in [0.717, 1.165) is 17.6 Å². The average Bonchev–Trinajstić information content (AvgIpc) is 2.52. The van der Waals surface area contributed by atoms with Crippen molar-refractivity contribution in [1.29, 1.82) is 0 Å². The van der Waals surface area contributed by atoms with E-state index in [1.165, 1.54) is 0 Å². The standard InChI is InChI=1S/C18H19NO4/c1-9(2)6-7-11-15-12(17(22)18(23)16(11)21)8-10-4-3-5-13(20)14(10)19-15/h6,8,21-23H,3-5,7H2,1-2H3. The van der Waals surface area contributed by atoms with E-state index in [-0.39, 0.29) is 11.5 Å². The molecule has 3 N–H and O–H groups in total. The van der Waals surface area contributed by atoms with Crippen molar-refractivity contribution in [3.63, 3.8) is 0 Å². The molecule has 23 heavy (non-hydrogen) atoms. The lowest BCUT2D eigenvalue weighted by molar-refractivity contribution is 0.0967. The summed E-state index contributed by atoms with van der Waals surface area (Å²) >= 11 is 0. The maximum absolute atomic E-state index is 12.1. The van der Waals surface area contributed by atoms with Crippen LogP contribution in [0.2, 0.25) is 0 Å². The van der Waals surface area contributed by atoms with E-state index >= 15 is 0 Å². The molecule has 0 aliphatic heterocycles. The van der Waals surface area contributed by atoms with Crippen molar-refractivity contribution < 1.29 is 20.1 Å². The lowest BCUT2D eigenvalue weighted by Gasteiger charge is -2.17. The van der Waals surface area contributed by atoms with E-state index in [1.807, 2.05) is 19.9 Å². The second-order valence-electron chi connectivity index (χ2n) is 6.18. The van der Waals surface area contributed by atoms with E-state index in [9.17, 15) is 20.1 Å². The predicted molar refractivity (Wildman–Crippen MR) is 87.1 cm³/mol. The van der Waals surface area contributed by atoms with Gasteiger partial charge in [0.25, 0.3) is 0 Å². The highest BCUT2D eigenvalue weighted by Crippen LogP contribution is 2.45. The number of pyridine rings is 1. The molecular weight excluding hydrogens is 294 g/mol. The summed E-state index contributed by atoms with van der Waals surface area (Å²) in [5.74, 6) is -1.35. The van der Waals surface area contributed by atoms with Crippen molar-refractivity contribution in [2.75, 3.05) is 0 Å². The monoisotopic (exact) mass is 313 g/mol. The minimum Gasteiger partial charge on any atom is -0.504 e. The number of phenols is 3.